The van der Waals surface area contributed by atoms with Gasteiger partial charge < -0.3 is 10.1 Å². The number of benzene rings is 1. The van der Waals surface area contributed by atoms with Gasteiger partial charge in [0.15, 0.2) is 0 Å². The quantitative estimate of drug-likeness (QED) is 0.817. The van der Waals surface area contributed by atoms with Gasteiger partial charge in [0.05, 0.1) is 0 Å². The van der Waals surface area contributed by atoms with E-state index in [1.807, 2.05) is 30.3 Å². The van der Waals surface area contributed by atoms with Crippen LogP contribution in [0.4, 0.5) is 0 Å². The molecule has 0 radical (unpaired) electrons. The molecule has 1 aliphatic heterocycles. The van der Waals surface area contributed by atoms with Crippen LogP contribution in [-0.4, -0.2) is 43.2 Å². The van der Waals surface area contributed by atoms with Gasteiger partial charge in [-0.05, 0) is 45.4 Å². The van der Waals surface area contributed by atoms with Crippen LogP contribution in [0, 0.1) is 0 Å². The Kier molecular flexibility index (Phi) is 5.67. The zero-order valence-corrected chi connectivity index (χ0v) is 12.1. The molecule has 1 aromatic rings. The minimum Gasteiger partial charge on any atom is -0.492 e. The SMILES string of the molecule is CC(C)N(CCOc1ccccc1)CC1CCCN1. The number of ether oxygens (including phenoxy) is 1. The Bertz CT molecular complexity index is 347. The third kappa shape index (κ3) is 4.84. The van der Waals surface area contributed by atoms with Crippen LogP contribution in [0.15, 0.2) is 30.3 Å². The molecule has 3 heteroatoms. The van der Waals surface area contributed by atoms with Gasteiger partial charge in [0, 0.05) is 25.2 Å². The molecule has 0 spiro atoms. The summed E-state index contributed by atoms with van der Waals surface area (Å²) < 4.78 is 5.79. The van der Waals surface area contributed by atoms with Gasteiger partial charge in [0.25, 0.3) is 0 Å². The van der Waals surface area contributed by atoms with E-state index in [4.69, 9.17) is 4.74 Å². The van der Waals surface area contributed by atoms with E-state index in [0.717, 1.165) is 25.4 Å². The van der Waals surface area contributed by atoms with Crippen molar-refractivity contribution in [2.45, 2.75) is 38.8 Å². The van der Waals surface area contributed by atoms with Crippen molar-refractivity contribution in [3.8, 4) is 5.75 Å². The highest BCUT2D eigenvalue weighted by Gasteiger charge is 2.19. The summed E-state index contributed by atoms with van der Waals surface area (Å²) in [5.41, 5.74) is 0. The molecule has 1 unspecified atom stereocenters. The number of para-hydroxylation sites is 1. The Morgan fingerprint density at radius 3 is 2.74 bits per heavy atom. The van der Waals surface area contributed by atoms with Crippen LogP contribution in [0.2, 0.25) is 0 Å². The van der Waals surface area contributed by atoms with Crippen molar-refractivity contribution in [3.63, 3.8) is 0 Å². The van der Waals surface area contributed by atoms with E-state index in [-0.39, 0.29) is 0 Å². The van der Waals surface area contributed by atoms with Gasteiger partial charge in [0.2, 0.25) is 0 Å². The first-order chi connectivity index (χ1) is 9.25. The molecule has 1 aromatic carbocycles. The Morgan fingerprint density at radius 2 is 2.11 bits per heavy atom. The summed E-state index contributed by atoms with van der Waals surface area (Å²) in [5, 5.41) is 3.57. The fourth-order valence-electron chi connectivity index (χ4n) is 2.55. The normalized spacial score (nSPS) is 19.3. The van der Waals surface area contributed by atoms with Crippen molar-refractivity contribution < 1.29 is 4.74 Å². The Morgan fingerprint density at radius 1 is 1.32 bits per heavy atom. The summed E-state index contributed by atoms with van der Waals surface area (Å²) in [6, 6.07) is 11.3. The second kappa shape index (κ2) is 7.51. The number of nitrogens with zero attached hydrogens (tertiary/aromatic N) is 1. The average molecular weight is 262 g/mol. The van der Waals surface area contributed by atoms with Gasteiger partial charge in [-0.1, -0.05) is 18.2 Å². The summed E-state index contributed by atoms with van der Waals surface area (Å²) in [6.07, 6.45) is 2.62. The van der Waals surface area contributed by atoms with E-state index in [1.165, 1.54) is 19.4 Å². The summed E-state index contributed by atoms with van der Waals surface area (Å²) >= 11 is 0. The van der Waals surface area contributed by atoms with Crippen molar-refractivity contribution in [3.05, 3.63) is 30.3 Å². The maximum Gasteiger partial charge on any atom is 0.119 e. The minimum absolute atomic E-state index is 0.571. The molecule has 0 aliphatic carbocycles. The first kappa shape index (κ1) is 14.4. The van der Waals surface area contributed by atoms with Crippen molar-refractivity contribution in [1.29, 1.82) is 0 Å². The van der Waals surface area contributed by atoms with E-state index < -0.39 is 0 Å². The molecule has 1 aliphatic rings. The summed E-state index contributed by atoms with van der Waals surface area (Å²) in [6.45, 7) is 8.58. The second-order valence-electron chi connectivity index (χ2n) is 5.54. The van der Waals surface area contributed by atoms with E-state index in [9.17, 15) is 0 Å². The van der Waals surface area contributed by atoms with Gasteiger partial charge >= 0.3 is 0 Å². The van der Waals surface area contributed by atoms with Crippen LogP contribution < -0.4 is 10.1 Å². The monoisotopic (exact) mass is 262 g/mol. The van der Waals surface area contributed by atoms with Gasteiger partial charge in [-0.15, -0.1) is 0 Å². The molecule has 1 fully saturated rings. The van der Waals surface area contributed by atoms with E-state index in [1.54, 1.807) is 0 Å². The standard InChI is InChI=1S/C16H26N2O/c1-14(2)18(13-15-7-6-10-17-15)11-12-19-16-8-4-3-5-9-16/h3-5,8-9,14-15,17H,6-7,10-13H2,1-2H3. The van der Waals surface area contributed by atoms with E-state index >= 15 is 0 Å². The van der Waals surface area contributed by atoms with Crippen molar-refractivity contribution in [2.75, 3.05) is 26.2 Å². The largest absolute Gasteiger partial charge is 0.492 e. The van der Waals surface area contributed by atoms with Crippen LogP contribution >= 0.6 is 0 Å². The third-order valence-corrected chi connectivity index (χ3v) is 3.74. The lowest BCUT2D eigenvalue weighted by Gasteiger charge is -2.29. The molecule has 1 heterocycles. The topological polar surface area (TPSA) is 24.5 Å². The highest BCUT2D eigenvalue weighted by Crippen LogP contribution is 2.11. The third-order valence-electron chi connectivity index (χ3n) is 3.74. The highest BCUT2D eigenvalue weighted by molar-refractivity contribution is 5.20. The van der Waals surface area contributed by atoms with Crippen LogP contribution in [0.5, 0.6) is 5.75 Å². The van der Waals surface area contributed by atoms with Gasteiger partial charge in [0.1, 0.15) is 12.4 Å². The number of hydrogen-bond donors (Lipinski definition) is 1. The van der Waals surface area contributed by atoms with Crippen LogP contribution in [0.1, 0.15) is 26.7 Å². The molecule has 0 saturated carbocycles. The number of nitrogens with one attached hydrogen (secondary N) is 1. The Labute approximate surface area is 116 Å². The van der Waals surface area contributed by atoms with Gasteiger partial charge in [-0.25, -0.2) is 0 Å². The predicted molar refractivity (Wildman–Crippen MR) is 79.7 cm³/mol. The molecule has 0 amide bonds. The zero-order valence-electron chi connectivity index (χ0n) is 12.1. The molecule has 19 heavy (non-hydrogen) atoms. The lowest BCUT2D eigenvalue weighted by Crippen LogP contribution is -2.43. The lowest BCUT2D eigenvalue weighted by molar-refractivity contribution is 0.164. The summed E-state index contributed by atoms with van der Waals surface area (Å²) in [5.74, 6) is 0.963. The zero-order chi connectivity index (χ0) is 13.5. The van der Waals surface area contributed by atoms with Crippen LogP contribution in [-0.2, 0) is 0 Å². The molecular weight excluding hydrogens is 236 g/mol. The van der Waals surface area contributed by atoms with Crippen LogP contribution in [0.3, 0.4) is 0 Å². The molecule has 1 N–H and O–H groups in total. The molecule has 106 valence electrons. The van der Waals surface area contributed by atoms with Crippen LogP contribution in [0.25, 0.3) is 0 Å². The molecule has 0 bridgehead atoms. The van der Waals surface area contributed by atoms with Crippen molar-refractivity contribution in [1.82, 2.24) is 10.2 Å². The lowest BCUT2D eigenvalue weighted by atomic mass is 10.2. The first-order valence-electron chi connectivity index (χ1n) is 7.41. The smallest absolute Gasteiger partial charge is 0.119 e. The molecular formula is C16H26N2O. The molecule has 0 aromatic heterocycles. The fraction of sp³-hybridized carbons (Fsp3) is 0.625. The second-order valence-corrected chi connectivity index (χ2v) is 5.54. The Balaban J connectivity index is 1.73. The molecule has 1 atom stereocenters. The first-order valence-corrected chi connectivity index (χ1v) is 7.41. The Hall–Kier alpha value is -1.06. The fourth-order valence-corrected chi connectivity index (χ4v) is 2.55. The van der Waals surface area contributed by atoms with Gasteiger partial charge in [-0.3, -0.25) is 4.90 Å². The molecule has 1 saturated heterocycles. The average Bonchev–Trinajstić information content (AvgIpc) is 2.91. The minimum atomic E-state index is 0.571. The van der Waals surface area contributed by atoms with E-state index in [0.29, 0.717) is 12.1 Å². The maximum atomic E-state index is 5.79. The van der Waals surface area contributed by atoms with Crippen molar-refractivity contribution >= 4 is 0 Å². The van der Waals surface area contributed by atoms with E-state index in [2.05, 4.69) is 24.1 Å². The summed E-state index contributed by atoms with van der Waals surface area (Å²) in [4.78, 5) is 2.51. The predicted octanol–water partition coefficient (Wildman–Crippen LogP) is 2.53. The molecule has 3 nitrogen and oxygen atoms in total. The summed E-state index contributed by atoms with van der Waals surface area (Å²) in [7, 11) is 0. The number of rotatable bonds is 7. The number of hydrogen-bond acceptors (Lipinski definition) is 3. The van der Waals surface area contributed by atoms with Gasteiger partial charge in [-0.2, -0.15) is 0 Å². The maximum absolute atomic E-state index is 5.79. The highest BCUT2D eigenvalue weighted by atomic mass is 16.5. The molecule has 2 rings (SSSR count). The van der Waals surface area contributed by atoms with Crippen molar-refractivity contribution in [2.24, 2.45) is 0 Å².